The molecule has 0 aromatic carbocycles. The van der Waals surface area contributed by atoms with Gasteiger partial charge in [0, 0.05) is 25.2 Å². The number of nitrogens with zero attached hydrogens (tertiary/aromatic N) is 1. The molecule has 0 spiro atoms. The van der Waals surface area contributed by atoms with Crippen LogP contribution in [0.4, 0.5) is 8.78 Å². The zero-order chi connectivity index (χ0) is 21.5. The highest BCUT2D eigenvalue weighted by Crippen LogP contribution is 2.49. The fraction of sp³-hybridized carbons (Fsp3) is 0.579. The Morgan fingerprint density at radius 1 is 1.55 bits per heavy atom. The van der Waals surface area contributed by atoms with Gasteiger partial charge in [-0.15, -0.1) is 0 Å². The quantitative estimate of drug-likeness (QED) is 0.256. The molecule has 1 heterocycles. The number of halogens is 2. The summed E-state index contributed by atoms with van der Waals surface area (Å²) in [5.41, 5.74) is -0.173. The number of carbonyl (C=O) groups is 2. The van der Waals surface area contributed by atoms with Gasteiger partial charge in [0.05, 0.1) is 17.3 Å². The molecule has 0 radical (unpaired) electrons. The Bertz CT molecular complexity index is 810. The SMILES string of the molecule is CC1=C(OCC(F)F)C1C(C=N)CN1CC2(C(=N)NC(=O)[C@@H](C)O)C=CC2C1=O. The van der Waals surface area contributed by atoms with E-state index in [0.717, 1.165) is 5.57 Å². The fourth-order valence-corrected chi connectivity index (χ4v) is 3.99. The van der Waals surface area contributed by atoms with Crippen molar-refractivity contribution in [1.82, 2.24) is 10.2 Å². The topological polar surface area (TPSA) is 127 Å². The van der Waals surface area contributed by atoms with Gasteiger partial charge < -0.3 is 25.5 Å². The van der Waals surface area contributed by atoms with Crippen LogP contribution in [-0.2, 0) is 14.3 Å². The van der Waals surface area contributed by atoms with Gasteiger partial charge in [-0.1, -0.05) is 12.2 Å². The number of rotatable bonds is 9. The highest BCUT2D eigenvalue weighted by atomic mass is 19.3. The van der Waals surface area contributed by atoms with Crippen molar-refractivity contribution in [3.8, 4) is 0 Å². The number of alkyl halides is 2. The lowest BCUT2D eigenvalue weighted by atomic mass is 9.68. The second-order valence-corrected chi connectivity index (χ2v) is 7.69. The lowest BCUT2D eigenvalue weighted by Gasteiger charge is -2.36. The molecule has 0 aromatic heterocycles. The van der Waals surface area contributed by atoms with Gasteiger partial charge in [-0.2, -0.15) is 0 Å². The number of aliphatic hydroxyl groups excluding tert-OH is 1. The first-order chi connectivity index (χ1) is 13.6. The third-order valence-electron chi connectivity index (χ3n) is 5.76. The second-order valence-electron chi connectivity index (χ2n) is 7.69. The van der Waals surface area contributed by atoms with E-state index in [-0.39, 0.29) is 30.8 Å². The third kappa shape index (κ3) is 3.68. The second kappa shape index (κ2) is 7.66. The summed E-state index contributed by atoms with van der Waals surface area (Å²) in [5.74, 6) is -1.93. The number of nitrogens with one attached hydrogen (secondary N) is 3. The van der Waals surface area contributed by atoms with Crippen molar-refractivity contribution in [2.75, 3.05) is 19.7 Å². The highest BCUT2D eigenvalue weighted by molar-refractivity contribution is 6.07. The van der Waals surface area contributed by atoms with Crippen molar-refractivity contribution in [2.45, 2.75) is 26.4 Å². The number of carbonyl (C=O) groups excluding carboxylic acids is 2. The maximum atomic E-state index is 12.8. The lowest BCUT2D eigenvalue weighted by molar-refractivity contribution is -0.130. The molecule has 2 amide bonds. The average Bonchev–Trinajstić information content (AvgIpc) is 3.22. The Morgan fingerprint density at radius 3 is 2.76 bits per heavy atom. The van der Waals surface area contributed by atoms with Crippen LogP contribution in [-0.4, -0.2) is 66.1 Å². The normalized spacial score (nSPS) is 29.3. The Balaban J connectivity index is 1.64. The molecular formula is C19H24F2N4O4. The minimum absolute atomic E-state index is 0.153. The van der Waals surface area contributed by atoms with Crippen LogP contribution in [0, 0.1) is 34.0 Å². The molecule has 8 nitrogen and oxygen atoms in total. The molecule has 10 heteroatoms. The molecular weight excluding hydrogens is 386 g/mol. The maximum Gasteiger partial charge on any atom is 0.272 e. The van der Waals surface area contributed by atoms with Gasteiger partial charge in [0.1, 0.15) is 24.3 Å². The van der Waals surface area contributed by atoms with Gasteiger partial charge in [0.25, 0.3) is 12.3 Å². The van der Waals surface area contributed by atoms with Crippen LogP contribution in [0.15, 0.2) is 23.5 Å². The van der Waals surface area contributed by atoms with E-state index in [9.17, 15) is 23.5 Å². The molecule has 3 aliphatic rings. The van der Waals surface area contributed by atoms with Gasteiger partial charge in [0.15, 0.2) is 0 Å². The number of hydrogen-bond donors (Lipinski definition) is 4. The maximum absolute atomic E-state index is 12.8. The summed E-state index contributed by atoms with van der Waals surface area (Å²) in [6, 6.07) is 0. The summed E-state index contributed by atoms with van der Waals surface area (Å²) in [7, 11) is 0. The average molecular weight is 410 g/mol. The Kier molecular flexibility index (Phi) is 5.57. The monoisotopic (exact) mass is 410 g/mol. The Morgan fingerprint density at radius 2 is 2.24 bits per heavy atom. The molecule has 0 bridgehead atoms. The fourth-order valence-electron chi connectivity index (χ4n) is 3.99. The third-order valence-corrected chi connectivity index (χ3v) is 5.76. The number of amides is 2. The van der Waals surface area contributed by atoms with Crippen molar-refractivity contribution in [1.29, 1.82) is 10.8 Å². The number of fused-ring (bicyclic) bond motifs is 1. The van der Waals surface area contributed by atoms with Crippen LogP contribution in [0.5, 0.6) is 0 Å². The Labute approximate surface area is 166 Å². The van der Waals surface area contributed by atoms with Crippen LogP contribution in [0.3, 0.4) is 0 Å². The molecule has 29 heavy (non-hydrogen) atoms. The van der Waals surface area contributed by atoms with Gasteiger partial charge >= 0.3 is 0 Å². The molecule has 4 N–H and O–H groups in total. The van der Waals surface area contributed by atoms with Crippen LogP contribution in [0.25, 0.3) is 0 Å². The minimum Gasteiger partial charge on any atom is -0.491 e. The van der Waals surface area contributed by atoms with Gasteiger partial charge in [-0.05, 0) is 19.4 Å². The number of hydrogen-bond acceptors (Lipinski definition) is 6. The summed E-state index contributed by atoms with van der Waals surface area (Å²) in [6.45, 7) is 2.68. The predicted molar refractivity (Wildman–Crippen MR) is 99.6 cm³/mol. The van der Waals surface area contributed by atoms with Gasteiger partial charge in [-0.25, -0.2) is 8.78 Å². The number of likely N-dealkylation sites (tertiary alicyclic amines) is 1. The summed E-state index contributed by atoms with van der Waals surface area (Å²) < 4.78 is 29.8. The van der Waals surface area contributed by atoms with E-state index in [4.69, 9.17) is 15.6 Å². The Hall–Kier alpha value is -2.62. The summed E-state index contributed by atoms with van der Waals surface area (Å²) in [5, 5.41) is 27.6. The number of amidine groups is 1. The van der Waals surface area contributed by atoms with E-state index in [1.807, 2.05) is 0 Å². The van der Waals surface area contributed by atoms with Crippen molar-refractivity contribution in [3.05, 3.63) is 23.5 Å². The molecule has 1 saturated heterocycles. The van der Waals surface area contributed by atoms with Crippen molar-refractivity contribution in [3.63, 3.8) is 0 Å². The van der Waals surface area contributed by atoms with Gasteiger partial charge in [-0.3, -0.25) is 15.0 Å². The van der Waals surface area contributed by atoms with Crippen molar-refractivity contribution < 1.29 is 28.2 Å². The van der Waals surface area contributed by atoms with Crippen molar-refractivity contribution >= 4 is 23.9 Å². The van der Waals surface area contributed by atoms with E-state index in [1.165, 1.54) is 18.0 Å². The molecule has 2 aliphatic carbocycles. The number of allylic oxidation sites excluding steroid dienone is 2. The first-order valence-electron chi connectivity index (χ1n) is 9.30. The van der Waals surface area contributed by atoms with E-state index < -0.39 is 42.3 Å². The zero-order valence-electron chi connectivity index (χ0n) is 16.1. The molecule has 5 atom stereocenters. The van der Waals surface area contributed by atoms with E-state index >= 15 is 0 Å². The van der Waals surface area contributed by atoms with Crippen LogP contribution >= 0.6 is 0 Å². The predicted octanol–water partition coefficient (Wildman–Crippen LogP) is 0.927. The standard InChI is InChI=1S/C19H24F2N4O4/c1-9-14(15(9)29-7-13(20)21)11(5-22)6-25-8-19(4-3-12(19)17(25)28)18(23)24-16(27)10(2)26/h3-5,10-14,22,26H,6-8H2,1-2H3,(H2,23,24,27)/t10-,11?,12?,14?,19?/m1/s1. The van der Waals surface area contributed by atoms with Crippen LogP contribution in [0.1, 0.15) is 13.8 Å². The smallest absolute Gasteiger partial charge is 0.272 e. The molecule has 1 aliphatic heterocycles. The van der Waals surface area contributed by atoms with Gasteiger partial charge in [0.2, 0.25) is 5.91 Å². The first-order valence-corrected chi connectivity index (χ1v) is 9.30. The summed E-state index contributed by atoms with van der Waals surface area (Å²) in [6.07, 6.45) is 0.682. The first kappa shape index (κ1) is 21.1. The van der Waals surface area contributed by atoms with Crippen LogP contribution in [0.2, 0.25) is 0 Å². The van der Waals surface area contributed by atoms with E-state index in [1.54, 1.807) is 19.1 Å². The summed E-state index contributed by atoms with van der Waals surface area (Å²) >= 11 is 0. The highest BCUT2D eigenvalue weighted by Gasteiger charge is 2.58. The number of aliphatic hydroxyl groups is 1. The zero-order valence-corrected chi connectivity index (χ0v) is 16.1. The number of ether oxygens (including phenoxy) is 1. The molecule has 0 saturated carbocycles. The summed E-state index contributed by atoms with van der Waals surface area (Å²) in [4.78, 5) is 26.0. The molecule has 3 rings (SSSR count). The largest absolute Gasteiger partial charge is 0.491 e. The molecule has 158 valence electrons. The molecule has 4 unspecified atom stereocenters. The molecule has 0 aromatic rings. The van der Waals surface area contributed by atoms with E-state index in [0.29, 0.717) is 5.76 Å². The van der Waals surface area contributed by atoms with E-state index in [2.05, 4.69) is 5.32 Å². The lowest BCUT2D eigenvalue weighted by Crippen LogP contribution is -2.51. The van der Waals surface area contributed by atoms with Crippen LogP contribution < -0.4 is 5.32 Å². The van der Waals surface area contributed by atoms with Crippen molar-refractivity contribution in [2.24, 2.45) is 23.2 Å². The molecule has 1 fully saturated rings. The minimum atomic E-state index is -2.58.